The smallest absolute Gasteiger partial charge is 0.0154 e. The van der Waals surface area contributed by atoms with E-state index in [0.29, 0.717) is 0 Å². The topological polar surface area (TPSA) is 0 Å². The van der Waals surface area contributed by atoms with Gasteiger partial charge in [0.15, 0.2) is 0 Å². The molecule has 1 heteroatoms. The molecule has 0 unspecified atom stereocenters. The Labute approximate surface area is 105 Å². The van der Waals surface area contributed by atoms with E-state index in [1.165, 1.54) is 37.7 Å². The molecule has 1 fully saturated rings. The maximum atomic E-state index is 4.30. The summed E-state index contributed by atoms with van der Waals surface area (Å²) >= 11 is 4.30. The van der Waals surface area contributed by atoms with Gasteiger partial charge >= 0.3 is 0 Å². The molecule has 0 N–H and O–H groups in total. The van der Waals surface area contributed by atoms with E-state index in [2.05, 4.69) is 43.8 Å². The van der Waals surface area contributed by atoms with Gasteiger partial charge in [0.2, 0.25) is 0 Å². The molecule has 2 rings (SSSR count). The Hall–Kier alpha value is -0.430. The van der Waals surface area contributed by atoms with E-state index >= 15 is 0 Å². The summed E-state index contributed by atoms with van der Waals surface area (Å²) in [5.74, 6) is 2.66. The van der Waals surface area contributed by atoms with Crippen molar-refractivity contribution in [1.29, 1.82) is 0 Å². The predicted molar refractivity (Wildman–Crippen MR) is 74.1 cm³/mol. The van der Waals surface area contributed by atoms with Gasteiger partial charge in [0.05, 0.1) is 0 Å². The number of rotatable bonds is 3. The van der Waals surface area contributed by atoms with Crippen molar-refractivity contribution in [3.05, 3.63) is 35.4 Å². The van der Waals surface area contributed by atoms with Gasteiger partial charge in [0, 0.05) is 5.75 Å². The van der Waals surface area contributed by atoms with Gasteiger partial charge in [-0.2, -0.15) is 12.6 Å². The second kappa shape index (κ2) is 5.77. The fourth-order valence-electron chi connectivity index (χ4n) is 2.80. The normalized spacial score (nSPS) is 25.6. The van der Waals surface area contributed by atoms with Gasteiger partial charge in [0.25, 0.3) is 0 Å². The van der Waals surface area contributed by atoms with Crippen molar-refractivity contribution >= 4 is 12.6 Å². The summed E-state index contributed by atoms with van der Waals surface area (Å²) in [6.45, 7) is 2.33. The fraction of sp³-hybridized carbons (Fsp3) is 0.600. The molecule has 0 amide bonds. The van der Waals surface area contributed by atoms with Crippen LogP contribution in [0.4, 0.5) is 0 Å². The van der Waals surface area contributed by atoms with Crippen LogP contribution in [0.15, 0.2) is 24.3 Å². The molecule has 0 radical (unpaired) electrons. The van der Waals surface area contributed by atoms with E-state index in [0.717, 1.165) is 17.6 Å². The first-order valence-corrected chi connectivity index (χ1v) is 7.16. The van der Waals surface area contributed by atoms with Crippen LogP contribution in [0.1, 0.15) is 56.1 Å². The van der Waals surface area contributed by atoms with Gasteiger partial charge in [-0.1, -0.05) is 37.6 Å². The molecule has 16 heavy (non-hydrogen) atoms. The minimum atomic E-state index is 0.816. The average molecular weight is 234 g/mol. The van der Waals surface area contributed by atoms with Gasteiger partial charge in [-0.15, -0.1) is 0 Å². The third-order valence-electron chi connectivity index (χ3n) is 4.06. The highest BCUT2D eigenvalue weighted by Crippen LogP contribution is 2.36. The summed E-state index contributed by atoms with van der Waals surface area (Å²) in [7, 11) is 0. The number of hydrogen-bond donors (Lipinski definition) is 1. The van der Waals surface area contributed by atoms with Crippen molar-refractivity contribution in [3.63, 3.8) is 0 Å². The molecular weight excluding hydrogens is 212 g/mol. The summed E-state index contributed by atoms with van der Waals surface area (Å²) < 4.78 is 0. The molecular formula is C15H22S. The largest absolute Gasteiger partial charge is 0.175 e. The van der Waals surface area contributed by atoms with Crippen molar-refractivity contribution in [2.75, 3.05) is 0 Å². The number of thiol groups is 1. The molecule has 0 spiro atoms. The van der Waals surface area contributed by atoms with Gasteiger partial charge < -0.3 is 0 Å². The molecule has 1 aromatic rings. The van der Waals surface area contributed by atoms with Crippen LogP contribution in [0.25, 0.3) is 0 Å². The van der Waals surface area contributed by atoms with Crippen LogP contribution < -0.4 is 0 Å². The van der Waals surface area contributed by atoms with Crippen molar-refractivity contribution in [3.8, 4) is 0 Å². The molecule has 0 bridgehead atoms. The zero-order valence-corrected chi connectivity index (χ0v) is 11.0. The van der Waals surface area contributed by atoms with Crippen LogP contribution in [0, 0.1) is 5.92 Å². The lowest BCUT2D eigenvalue weighted by Crippen LogP contribution is -2.12. The first-order valence-electron chi connectivity index (χ1n) is 6.53. The molecule has 88 valence electrons. The minimum absolute atomic E-state index is 0.816. The maximum absolute atomic E-state index is 4.30. The summed E-state index contributed by atoms with van der Waals surface area (Å²) in [6, 6.07) is 9.08. The molecule has 0 aromatic heterocycles. The quantitative estimate of drug-likeness (QED) is 0.714. The van der Waals surface area contributed by atoms with Gasteiger partial charge in [-0.05, 0) is 48.6 Å². The summed E-state index contributed by atoms with van der Waals surface area (Å²) in [5.41, 5.74) is 2.87. The Morgan fingerprint density at radius 1 is 1.06 bits per heavy atom. The van der Waals surface area contributed by atoms with Crippen molar-refractivity contribution in [2.45, 2.75) is 50.7 Å². The number of benzene rings is 1. The lowest BCUT2D eigenvalue weighted by molar-refractivity contribution is 0.319. The van der Waals surface area contributed by atoms with E-state index < -0.39 is 0 Å². The second-order valence-electron chi connectivity index (χ2n) is 5.03. The average Bonchev–Trinajstić information content (AvgIpc) is 2.39. The highest BCUT2D eigenvalue weighted by molar-refractivity contribution is 7.79. The van der Waals surface area contributed by atoms with Crippen LogP contribution in [-0.4, -0.2) is 0 Å². The Balaban J connectivity index is 1.97. The Morgan fingerprint density at radius 3 is 2.19 bits per heavy atom. The van der Waals surface area contributed by atoms with Crippen LogP contribution >= 0.6 is 12.6 Å². The molecule has 0 nitrogen and oxygen atoms in total. The minimum Gasteiger partial charge on any atom is -0.175 e. The molecule has 0 saturated heterocycles. The van der Waals surface area contributed by atoms with Crippen LogP contribution in [-0.2, 0) is 5.75 Å². The summed E-state index contributed by atoms with van der Waals surface area (Å²) in [5, 5.41) is 0. The van der Waals surface area contributed by atoms with Crippen molar-refractivity contribution < 1.29 is 0 Å². The molecule has 0 aliphatic heterocycles. The molecule has 1 aliphatic carbocycles. The van der Waals surface area contributed by atoms with E-state index in [4.69, 9.17) is 0 Å². The Morgan fingerprint density at radius 2 is 1.69 bits per heavy atom. The third-order valence-corrected chi connectivity index (χ3v) is 4.42. The first kappa shape index (κ1) is 12.0. The summed E-state index contributed by atoms with van der Waals surface area (Å²) in [4.78, 5) is 0. The zero-order valence-electron chi connectivity index (χ0n) is 10.2. The molecule has 1 aliphatic rings. The third kappa shape index (κ3) is 2.82. The van der Waals surface area contributed by atoms with Crippen LogP contribution in [0.2, 0.25) is 0 Å². The maximum Gasteiger partial charge on any atom is 0.0154 e. The van der Waals surface area contributed by atoms with Crippen LogP contribution in [0.3, 0.4) is 0 Å². The predicted octanol–water partition coefficient (Wildman–Crippen LogP) is 4.80. The van der Waals surface area contributed by atoms with Gasteiger partial charge in [0.1, 0.15) is 0 Å². The van der Waals surface area contributed by atoms with Crippen molar-refractivity contribution in [2.24, 2.45) is 5.92 Å². The number of hydrogen-bond acceptors (Lipinski definition) is 1. The SMILES string of the molecule is CCC1CCC(c2ccc(CS)cc2)CC1. The van der Waals surface area contributed by atoms with Crippen molar-refractivity contribution in [1.82, 2.24) is 0 Å². The monoisotopic (exact) mass is 234 g/mol. The van der Waals surface area contributed by atoms with E-state index in [1.807, 2.05) is 0 Å². The molecule has 1 aromatic carbocycles. The molecule has 1 saturated carbocycles. The molecule has 0 heterocycles. The van der Waals surface area contributed by atoms with E-state index in [-0.39, 0.29) is 0 Å². The lowest BCUT2D eigenvalue weighted by atomic mass is 9.78. The lowest BCUT2D eigenvalue weighted by Gasteiger charge is -2.28. The van der Waals surface area contributed by atoms with Crippen LogP contribution in [0.5, 0.6) is 0 Å². The first-order chi connectivity index (χ1) is 7.83. The highest BCUT2D eigenvalue weighted by Gasteiger charge is 2.20. The van der Waals surface area contributed by atoms with Gasteiger partial charge in [-0.25, -0.2) is 0 Å². The van der Waals surface area contributed by atoms with E-state index in [1.54, 1.807) is 5.56 Å². The zero-order chi connectivity index (χ0) is 11.4. The fourth-order valence-corrected chi connectivity index (χ4v) is 3.01. The summed E-state index contributed by atoms with van der Waals surface area (Å²) in [6.07, 6.45) is 6.99. The Kier molecular flexibility index (Phi) is 4.34. The second-order valence-corrected chi connectivity index (χ2v) is 5.34. The Bertz CT molecular complexity index is 307. The van der Waals surface area contributed by atoms with E-state index in [9.17, 15) is 0 Å². The standard InChI is InChI=1S/C15H22S/c1-2-12-3-7-14(8-4-12)15-9-5-13(11-16)6-10-15/h5-6,9-10,12,14,16H,2-4,7-8,11H2,1H3. The van der Waals surface area contributed by atoms with Gasteiger partial charge in [-0.3, -0.25) is 0 Å². The highest BCUT2D eigenvalue weighted by atomic mass is 32.1. The molecule has 0 atom stereocenters.